The van der Waals surface area contributed by atoms with Crippen LogP contribution in [-0.2, 0) is 13.0 Å². The van der Waals surface area contributed by atoms with Crippen molar-refractivity contribution in [1.82, 2.24) is 42.0 Å². The third kappa shape index (κ3) is 8.23. The minimum Gasteiger partial charge on any atom is -0.368 e. The Balaban J connectivity index is 1.00. The quantitative estimate of drug-likeness (QED) is 0.198. The van der Waals surface area contributed by atoms with Crippen LogP contribution in [0.1, 0.15) is 69.5 Å². The summed E-state index contributed by atoms with van der Waals surface area (Å²) in [5.74, 6) is 2.39. The Hall–Kier alpha value is -2.53. The van der Waals surface area contributed by atoms with Gasteiger partial charge in [0, 0.05) is 23.7 Å². The van der Waals surface area contributed by atoms with E-state index in [4.69, 9.17) is 9.52 Å². The van der Waals surface area contributed by atoms with Crippen molar-refractivity contribution >= 4 is 5.82 Å². The van der Waals surface area contributed by atoms with Gasteiger partial charge in [-0.2, -0.15) is 4.98 Å². The van der Waals surface area contributed by atoms with Crippen LogP contribution in [-0.4, -0.2) is 61.2 Å². The van der Waals surface area contributed by atoms with Gasteiger partial charge < -0.3 is 31.1 Å². The molecule has 1 saturated heterocycles. The van der Waals surface area contributed by atoms with Gasteiger partial charge in [0.25, 0.3) is 0 Å². The molecule has 1 atom stereocenters. The van der Waals surface area contributed by atoms with E-state index in [1.54, 1.807) is 0 Å². The van der Waals surface area contributed by atoms with E-state index in [2.05, 4.69) is 60.2 Å². The average molecular weight is 524 g/mol. The molecule has 2 fully saturated rings. The van der Waals surface area contributed by atoms with E-state index < -0.39 is 0 Å². The fourth-order valence-corrected chi connectivity index (χ4v) is 5.54. The summed E-state index contributed by atoms with van der Waals surface area (Å²) in [6.45, 7) is 5.70. The number of aryl methyl sites for hydroxylation is 1. The Morgan fingerprint density at radius 3 is 2.63 bits per heavy atom. The highest BCUT2D eigenvalue weighted by molar-refractivity contribution is 5.42. The van der Waals surface area contributed by atoms with Crippen LogP contribution in [0.5, 0.6) is 0 Å². The SMILES string of the molecule is c1ccc2c(c1)=NC(NCc1noc(CCCNCCCNC3CCCCC3)n1)NC=2NC1CCNCC1. The summed E-state index contributed by atoms with van der Waals surface area (Å²) in [5, 5.41) is 27.6. The van der Waals surface area contributed by atoms with Crippen LogP contribution in [0.25, 0.3) is 5.82 Å². The second-order valence-corrected chi connectivity index (χ2v) is 10.7. The first-order valence-electron chi connectivity index (χ1n) is 14.7. The Labute approximate surface area is 225 Å². The molecule has 0 amide bonds. The molecule has 1 aromatic heterocycles. The third-order valence-electron chi connectivity index (χ3n) is 7.69. The number of hydrogen-bond acceptors (Lipinski definition) is 10. The van der Waals surface area contributed by atoms with Crippen LogP contribution in [0.4, 0.5) is 0 Å². The first kappa shape index (κ1) is 27.1. The first-order chi connectivity index (χ1) is 18.8. The normalized spacial score (nSPS) is 20.5. The molecule has 1 unspecified atom stereocenters. The lowest BCUT2D eigenvalue weighted by Crippen LogP contribution is -2.54. The van der Waals surface area contributed by atoms with Crippen LogP contribution in [0, 0.1) is 0 Å². The van der Waals surface area contributed by atoms with Crippen LogP contribution in [0.15, 0.2) is 33.8 Å². The Morgan fingerprint density at radius 2 is 1.74 bits per heavy atom. The van der Waals surface area contributed by atoms with Gasteiger partial charge in [0.15, 0.2) is 12.1 Å². The van der Waals surface area contributed by atoms with Crippen molar-refractivity contribution in [2.75, 3.05) is 32.7 Å². The minimum atomic E-state index is -0.257. The number of fused-ring (bicyclic) bond motifs is 1. The summed E-state index contributed by atoms with van der Waals surface area (Å²) in [5.41, 5.74) is 0. The molecule has 3 heterocycles. The molecule has 1 aromatic carbocycles. The standard InChI is InChI=1S/C28H45N9O/c1-2-8-21(9-3-1)31-17-7-16-29-15-6-12-26-35-25(37-38-26)20-32-28-34-24-11-5-4-10-23(24)27(36-28)33-22-13-18-30-19-14-22/h4-5,10-11,21-22,28-33,36H,1-3,6-9,12-20H2. The number of para-hydroxylation sites is 1. The number of rotatable bonds is 14. The van der Waals surface area contributed by atoms with Crippen molar-refractivity contribution < 1.29 is 4.52 Å². The maximum atomic E-state index is 5.48. The zero-order chi connectivity index (χ0) is 25.8. The second kappa shape index (κ2) is 14.6. The van der Waals surface area contributed by atoms with E-state index in [0.717, 1.165) is 80.8 Å². The van der Waals surface area contributed by atoms with Gasteiger partial charge in [0.05, 0.1) is 11.9 Å². The maximum absolute atomic E-state index is 5.48. The Bertz CT molecular complexity index is 1090. The number of benzene rings is 1. The molecule has 1 saturated carbocycles. The first-order valence-corrected chi connectivity index (χ1v) is 14.7. The van der Waals surface area contributed by atoms with E-state index in [0.29, 0.717) is 24.3 Å². The molecule has 38 heavy (non-hydrogen) atoms. The number of nitrogens with one attached hydrogen (secondary N) is 6. The fourth-order valence-electron chi connectivity index (χ4n) is 5.54. The average Bonchev–Trinajstić information content (AvgIpc) is 3.42. The zero-order valence-electron chi connectivity index (χ0n) is 22.6. The summed E-state index contributed by atoms with van der Waals surface area (Å²) in [4.78, 5) is 9.41. The second-order valence-electron chi connectivity index (χ2n) is 10.7. The van der Waals surface area contributed by atoms with E-state index in [1.165, 1.54) is 38.5 Å². The third-order valence-corrected chi connectivity index (χ3v) is 7.69. The molecule has 6 N–H and O–H groups in total. The van der Waals surface area contributed by atoms with Crippen LogP contribution in [0.3, 0.4) is 0 Å². The number of piperidine rings is 1. The lowest BCUT2D eigenvalue weighted by atomic mass is 9.95. The van der Waals surface area contributed by atoms with E-state index in [9.17, 15) is 0 Å². The Morgan fingerprint density at radius 1 is 0.895 bits per heavy atom. The summed E-state index contributed by atoms with van der Waals surface area (Å²) in [6, 6.07) is 9.46. The fraction of sp³-hybridized carbons (Fsp3) is 0.679. The van der Waals surface area contributed by atoms with Crippen LogP contribution < -0.4 is 42.5 Å². The molecular formula is C28H45N9O. The lowest BCUT2D eigenvalue weighted by molar-refractivity contribution is 0.363. The molecular weight excluding hydrogens is 478 g/mol. The lowest BCUT2D eigenvalue weighted by Gasteiger charge is -2.29. The van der Waals surface area contributed by atoms with E-state index in [1.807, 2.05) is 6.07 Å². The van der Waals surface area contributed by atoms with Crippen molar-refractivity contribution in [2.45, 2.75) is 89.1 Å². The van der Waals surface area contributed by atoms with E-state index >= 15 is 0 Å². The van der Waals surface area contributed by atoms with Crippen molar-refractivity contribution in [3.05, 3.63) is 46.6 Å². The molecule has 10 nitrogen and oxygen atoms in total. The van der Waals surface area contributed by atoms with Gasteiger partial charge in [0.2, 0.25) is 5.89 Å². The largest absolute Gasteiger partial charge is 0.368 e. The zero-order valence-corrected chi connectivity index (χ0v) is 22.6. The van der Waals surface area contributed by atoms with Crippen LogP contribution in [0.2, 0.25) is 0 Å². The van der Waals surface area contributed by atoms with Crippen molar-refractivity contribution in [2.24, 2.45) is 4.99 Å². The predicted molar refractivity (Wildman–Crippen MR) is 148 cm³/mol. The van der Waals surface area contributed by atoms with Crippen molar-refractivity contribution in [3.8, 4) is 0 Å². The molecule has 2 aliphatic heterocycles. The monoisotopic (exact) mass is 523 g/mol. The number of aromatic nitrogens is 2. The minimum absolute atomic E-state index is 0.257. The molecule has 3 aliphatic rings. The highest BCUT2D eigenvalue weighted by Crippen LogP contribution is 2.17. The molecule has 0 spiro atoms. The maximum Gasteiger partial charge on any atom is 0.226 e. The van der Waals surface area contributed by atoms with Gasteiger partial charge in [-0.3, -0.25) is 5.32 Å². The molecule has 208 valence electrons. The molecule has 2 aromatic rings. The van der Waals surface area contributed by atoms with Crippen molar-refractivity contribution in [3.63, 3.8) is 0 Å². The van der Waals surface area contributed by atoms with Gasteiger partial charge in [-0.25, -0.2) is 4.99 Å². The highest BCUT2D eigenvalue weighted by atomic mass is 16.5. The topological polar surface area (TPSA) is 123 Å². The molecule has 0 bridgehead atoms. The summed E-state index contributed by atoms with van der Waals surface area (Å²) < 4.78 is 5.48. The van der Waals surface area contributed by atoms with Gasteiger partial charge in [-0.15, -0.1) is 0 Å². The van der Waals surface area contributed by atoms with E-state index in [-0.39, 0.29) is 6.29 Å². The molecule has 0 radical (unpaired) electrons. The predicted octanol–water partition coefficient (Wildman–Crippen LogP) is 0.608. The molecule has 1 aliphatic carbocycles. The highest BCUT2D eigenvalue weighted by Gasteiger charge is 2.19. The summed E-state index contributed by atoms with van der Waals surface area (Å²) >= 11 is 0. The number of hydrogen-bond donors (Lipinski definition) is 6. The Kier molecular flexibility index (Phi) is 10.4. The van der Waals surface area contributed by atoms with Gasteiger partial charge in [-0.05, 0) is 83.4 Å². The number of nitrogens with zero attached hydrogens (tertiary/aromatic N) is 3. The molecule has 10 heteroatoms. The summed E-state index contributed by atoms with van der Waals surface area (Å²) in [7, 11) is 0. The van der Waals surface area contributed by atoms with Gasteiger partial charge >= 0.3 is 0 Å². The molecule has 5 rings (SSSR count). The van der Waals surface area contributed by atoms with Crippen LogP contribution >= 0.6 is 0 Å². The smallest absolute Gasteiger partial charge is 0.226 e. The van der Waals surface area contributed by atoms with Crippen molar-refractivity contribution in [1.29, 1.82) is 0 Å². The van der Waals surface area contributed by atoms with Gasteiger partial charge in [-0.1, -0.05) is 36.6 Å². The summed E-state index contributed by atoms with van der Waals surface area (Å²) in [6.07, 6.45) is 11.8. The van der Waals surface area contributed by atoms with Gasteiger partial charge in [0.1, 0.15) is 5.82 Å².